The summed E-state index contributed by atoms with van der Waals surface area (Å²) < 4.78 is 5.22. The van der Waals surface area contributed by atoms with Crippen LogP contribution in [0.5, 0.6) is 5.75 Å². The Labute approximate surface area is 150 Å². The molecule has 11 nitrogen and oxygen atoms in total. The largest absolute Gasteiger partial charge is 0.482 e. The Morgan fingerprint density at radius 2 is 2.04 bits per heavy atom. The van der Waals surface area contributed by atoms with Crippen molar-refractivity contribution in [2.24, 2.45) is 5.84 Å². The molecule has 0 unspecified atom stereocenters. The third kappa shape index (κ3) is 4.79. The van der Waals surface area contributed by atoms with Crippen molar-refractivity contribution in [2.75, 3.05) is 17.5 Å². The van der Waals surface area contributed by atoms with Crippen molar-refractivity contribution in [1.29, 1.82) is 0 Å². The maximum absolute atomic E-state index is 11.8. The van der Waals surface area contributed by atoms with E-state index in [-0.39, 0.29) is 22.4 Å². The summed E-state index contributed by atoms with van der Waals surface area (Å²) in [6, 6.07) is 4.50. The minimum atomic E-state index is -0.756. The number of anilines is 2. The number of carbonyl (C=O) groups excluding carboxylic acids is 1. The lowest BCUT2D eigenvalue weighted by molar-refractivity contribution is -0.383. The smallest absolute Gasteiger partial charge is 0.356 e. The number of nitro groups is 1. The molecular weight excluding hydrogens is 377 g/mol. The fraction of sp³-hybridized carbons (Fsp3) is 0.0833. The second-order valence-electron chi connectivity index (χ2n) is 4.36. The average molecular weight is 388 g/mol. The Morgan fingerprint density at radius 1 is 1.32 bits per heavy atom. The molecule has 0 radical (unpaired) electrons. The van der Waals surface area contributed by atoms with Gasteiger partial charge in [-0.2, -0.15) is 0 Å². The van der Waals surface area contributed by atoms with Crippen molar-refractivity contribution >= 4 is 46.4 Å². The molecule has 13 heteroatoms. The lowest BCUT2D eigenvalue weighted by Gasteiger charge is -2.11. The van der Waals surface area contributed by atoms with Crippen molar-refractivity contribution in [3.05, 3.63) is 44.7 Å². The monoisotopic (exact) mass is 387 g/mol. The molecule has 1 amide bonds. The summed E-state index contributed by atoms with van der Waals surface area (Å²) in [6.45, 7) is -0.408. The molecule has 0 aliphatic heterocycles. The number of nitrogen functional groups attached to an aromatic ring is 1. The number of nitrogens with zero attached hydrogens (tertiary/aromatic N) is 3. The van der Waals surface area contributed by atoms with Crippen LogP contribution < -0.4 is 26.9 Å². The lowest BCUT2D eigenvalue weighted by Crippen LogP contribution is -2.34. The molecular formula is C12H11Cl2N7O4. The number of nitrogens with one attached hydrogen (secondary N) is 3. The van der Waals surface area contributed by atoms with E-state index in [1.54, 1.807) is 6.07 Å². The number of carbonyl (C=O) groups is 1. The molecule has 1 aromatic heterocycles. The molecule has 0 aliphatic carbocycles. The minimum absolute atomic E-state index is 0.221. The van der Waals surface area contributed by atoms with Gasteiger partial charge in [0.2, 0.25) is 11.6 Å². The van der Waals surface area contributed by atoms with Crippen molar-refractivity contribution in [3.8, 4) is 5.75 Å². The van der Waals surface area contributed by atoms with Gasteiger partial charge in [-0.1, -0.05) is 23.2 Å². The third-order valence-electron chi connectivity index (χ3n) is 2.71. The normalized spacial score (nSPS) is 10.0. The van der Waals surface area contributed by atoms with Gasteiger partial charge in [-0.25, -0.2) is 15.8 Å². The van der Waals surface area contributed by atoms with Gasteiger partial charge in [0.25, 0.3) is 5.91 Å². The van der Waals surface area contributed by atoms with Crippen LogP contribution in [0.3, 0.4) is 0 Å². The Kier molecular flexibility index (Phi) is 6.11. The first-order valence-corrected chi connectivity index (χ1v) is 7.26. The quantitative estimate of drug-likeness (QED) is 0.313. The number of rotatable bonds is 7. The fourth-order valence-electron chi connectivity index (χ4n) is 1.65. The summed E-state index contributed by atoms with van der Waals surface area (Å²) in [4.78, 5) is 29.4. The van der Waals surface area contributed by atoms with Gasteiger partial charge in [0.1, 0.15) is 12.1 Å². The molecule has 2 rings (SSSR count). The van der Waals surface area contributed by atoms with Gasteiger partial charge in [-0.15, -0.1) is 0 Å². The van der Waals surface area contributed by atoms with Crippen LogP contribution in [0, 0.1) is 10.1 Å². The molecule has 0 atom stereocenters. The van der Waals surface area contributed by atoms with Crippen LogP contribution in [-0.2, 0) is 4.79 Å². The summed E-state index contributed by atoms with van der Waals surface area (Å²) in [5, 5.41) is 11.7. The topological polar surface area (TPSA) is 157 Å². The maximum atomic E-state index is 11.8. The first kappa shape index (κ1) is 18.4. The molecule has 2 aromatic rings. The van der Waals surface area contributed by atoms with E-state index in [1.165, 1.54) is 12.1 Å². The molecule has 1 aromatic carbocycles. The Hall–Kier alpha value is -2.89. The Bertz CT molecular complexity index is 805. The number of amides is 1. The number of hydrogen-bond acceptors (Lipinski definition) is 9. The molecule has 1 heterocycles. The summed E-state index contributed by atoms with van der Waals surface area (Å²) in [7, 11) is 0. The average Bonchev–Trinajstić information content (AvgIpc) is 2.58. The SMILES string of the molecule is NNc1ncnc(NNC(=O)COc2ccc(Cl)cc2Cl)c1[N+](=O)[O-]. The van der Waals surface area contributed by atoms with Crippen molar-refractivity contribution < 1.29 is 14.5 Å². The minimum Gasteiger partial charge on any atom is -0.482 e. The zero-order valence-electron chi connectivity index (χ0n) is 12.3. The lowest BCUT2D eigenvalue weighted by atomic mass is 10.3. The van der Waals surface area contributed by atoms with Crippen LogP contribution >= 0.6 is 23.2 Å². The number of benzene rings is 1. The predicted molar refractivity (Wildman–Crippen MR) is 90.2 cm³/mol. The molecule has 25 heavy (non-hydrogen) atoms. The van der Waals surface area contributed by atoms with E-state index in [1.807, 2.05) is 0 Å². The van der Waals surface area contributed by atoms with Crippen LogP contribution in [0.2, 0.25) is 10.0 Å². The number of aromatic nitrogens is 2. The highest BCUT2D eigenvalue weighted by molar-refractivity contribution is 6.35. The van der Waals surface area contributed by atoms with Gasteiger partial charge in [0.05, 0.1) is 9.95 Å². The first-order chi connectivity index (χ1) is 11.9. The van der Waals surface area contributed by atoms with E-state index in [9.17, 15) is 14.9 Å². The van der Waals surface area contributed by atoms with Crippen LogP contribution in [0.15, 0.2) is 24.5 Å². The highest BCUT2D eigenvalue weighted by Crippen LogP contribution is 2.28. The zero-order valence-corrected chi connectivity index (χ0v) is 13.8. The van der Waals surface area contributed by atoms with Crippen molar-refractivity contribution in [2.45, 2.75) is 0 Å². The third-order valence-corrected chi connectivity index (χ3v) is 3.25. The Balaban J connectivity index is 1.97. The summed E-state index contributed by atoms with van der Waals surface area (Å²) in [6.07, 6.45) is 1.03. The maximum Gasteiger partial charge on any atom is 0.356 e. The first-order valence-electron chi connectivity index (χ1n) is 6.51. The number of halogens is 2. The summed E-state index contributed by atoms with van der Waals surface area (Å²) in [5.41, 5.74) is 6.04. The van der Waals surface area contributed by atoms with Crippen molar-refractivity contribution in [1.82, 2.24) is 15.4 Å². The van der Waals surface area contributed by atoms with E-state index in [4.69, 9.17) is 33.8 Å². The second kappa shape index (κ2) is 8.28. The van der Waals surface area contributed by atoms with Gasteiger partial charge in [0, 0.05) is 5.02 Å². The van der Waals surface area contributed by atoms with E-state index in [0.29, 0.717) is 5.02 Å². The molecule has 132 valence electrons. The molecule has 0 bridgehead atoms. The zero-order chi connectivity index (χ0) is 18.4. The van der Waals surface area contributed by atoms with Gasteiger partial charge in [-0.05, 0) is 18.2 Å². The number of nitrogens with two attached hydrogens (primary N) is 1. The molecule has 0 aliphatic rings. The number of hydrazine groups is 2. The number of hydrogen-bond donors (Lipinski definition) is 4. The molecule has 0 saturated heterocycles. The highest BCUT2D eigenvalue weighted by Gasteiger charge is 2.22. The fourth-order valence-corrected chi connectivity index (χ4v) is 2.11. The molecule has 5 N–H and O–H groups in total. The highest BCUT2D eigenvalue weighted by atomic mass is 35.5. The van der Waals surface area contributed by atoms with Gasteiger partial charge >= 0.3 is 5.69 Å². The van der Waals surface area contributed by atoms with E-state index >= 15 is 0 Å². The van der Waals surface area contributed by atoms with Gasteiger partial charge in [0.15, 0.2) is 6.61 Å². The van der Waals surface area contributed by atoms with Crippen molar-refractivity contribution in [3.63, 3.8) is 0 Å². The van der Waals surface area contributed by atoms with Gasteiger partial charge in [-0.3, -0.25) is 25.8 Å². The molecule has 0 saturated carbocycles. The van der Waals surface area contributed by atoms with E-state index in [2.05, 4.69) is 26.2 Å². The standard InChI is InChI=1S/C12H11Cl2N7O4/c13-6-1-2-8(7(14)3-6)25-4-9(22)19-20-12-10(21(23)24)11(18-15)16-5-17-12/h1-3,5H,4,15H2,(H,19,22)(H2,16,17,18,20). The van der Waals surface area contributed by atoms with Crippen LogP contribution in [-0.4, -0.2) is 27.4 Å². The van der Waals surface area contributed by atoms with E-state index < -0.39 is 23.1 Å². The molecule has 0 fully saturated rings. The van der Waals surface area contributed by atoms with Crippen LogP contribution in [0.1, 0.15) is 0 Å². The predicted octanol–water partition coefficient (Wildman–Crippen LogP) is 1.50. The molecule has 0 spiro atoms. The Morgan fingerprint density at radius 3 is 2.68 bits per heavy atom. The van der Waals surface area contributed by atoms with Gasteiger partial charge < -0.3 is 10.2 Å². The second-order valence-corrected chi connectivity index (χ2v) is 5.20. The number of ether oxygens (including phenoxy) is 1. The van der Waals surface area contributed by atoms with E-state index in [0.717, 1.165) is 6.33 Å². The van der Waals surface area contributed by atoms with Crippen LogP contribution in [0.25, 0.3) is 0 Å². The summed E-state index contributed by atoms with van der Waals surface area (Å²) in [5.74, 6) is 4.28. The van der Waals surface area contributed by atoms with Crippen LogP contribution in [0.4, 0.5) is 17.3 Å². The summed E-state index contributed by atoms with van der Waals surface area (Å²) >= 11 is 11.7.